The molecule has 0 aromatic heterocycles. The first kappa shape index (κ1) is 9.26. The van der Waals surface area contributed by atoms with Gasteiger partial charge in [0.25, 0.3) is 0 Å². The molecule has 0 spiro atoms. The number of aliphatic hydroxyl groups is 1. The van der Waals surface area contributed by atoms with E-state index in [1.165, 1.54) is 0 Å². The third-order valence-corrected chi connectivity index (χ3v) is 1.18. The topological polar surface area (TPSA) is 20.2 Å². The van der Waals surface area contributed by atoms with E-state index in [0.29, 0.717) is 6.61 Å². The lowest BCUT2D eigenvalue weighted by Gasteiger charge is -1.89. The van der Waals surface area contributed by atoms with Gasteiger partial charge < -0.3 is 5.11 Å². The number of rotatable bonds is 5. The van der Waals surface area contributed by atoms with Gasteiger partial charge in [-0.15, -0.1) is 12.3 Å². The van der Waals surface area contributed by atoms with E-state index in [1.54, 1.807) is 0 Å². The molecule has 56 valence electrons. The predicted octanol–water partition coefficient (Wildman–Crippen LogP) is 1.73. The van der Waals surface area contributed by atoms with Crippen LogP contribution in [0.15, 0.2) is 12.2 Å². The van der Waals surface area contributed by atoms with Crippen LogP contribution in [0.25, 0.3) is 0 Å². The summed E-state index contributed by atoms with van der Waals surface area (Å²) in [6, 6.07) is 0. The highest BCUT2D eigenvalue weighted by molar-refractivity contribution is 4.96. The lowest BCUT2D eigenvalue weighted by atomic mass is 10.2. The fourth-order valence-corrected chi connectivity index (χ4v) is 0.643. The molecule has 0 aliphatic heterocycles. The van der Waals surface area contributed by atoms with Gasteiger partial charge >= 0.3 is 0 Å². The number of hydrogen-bond acceptors (Lipinski definition) is 1. The Labute approximate surface area is 62.8 Å². The molecule has 1 N–H and O–H groups in total. The first-order valence-corrected chi connectivity index (χ1v) is 3.61. The summed E-state index contributed by atoms with van der Waals surface area (Å²) in [6.45, 7) is 0.295. The molecule has 10 heavy (non-hydrogen) atoms. The number of hydrogen-bond donors (Lipinski definition) is 1. The number of unbranched alkanes of at least 4 members (excludes halogenated alkanes) is 2. The minimum Gasteiger partial charge on any atom is -0.396 e. The van der Waals surface area contributed by atoms with Gasteiger partial charge in [-0.1, -0.05) is 12.2 Å². The Morgan fingerprint density at radius 1 is 1.30 bits per heavy atom. The molecule has 0 aromatic rings. The van der Waals surface area contributed by atoms with E-state index in [0.717, 1.165) is 25.7 Å². The zero-order valence-electron chi connectivity index (χ0n) is 6.21. The van der Waals surface area contributed by atoms with Gasteiger partial charge in [-0.3, -0.25) is 0 Å². The molecule has 0 saturated heterocycles. The van der Waals surface area contributed by atoms with Crippen molar-refractivity contribution in [1.29, 1.82) is 0 Å². The highest BCUT2D eigenvalue weighted by Gasteiger charge is 1.80. The zero-order valence-corrected chi connectivity index (χ0v) is 6.21. The Hall–Kier alpha value is -0.740. The molecule has 1 nitrogen and oxygen atoms in total. The van der Waals surface area contributed by atoms with E-state index in [-0.39, 0.29) is 0 Å². The van der Waals surface area contributed by atoms with Gasteiger partial charge in [-0.05, 0) is 19.3 Å². The van der Waals surface area contributed by atoms with E-state index < -0.39 is 0 Å². The summed E-state index contributed by atoms with van der Waals surface area (Å²) < 4.78 is 0. The van der Waals surface area contributed by atoms with Gasteiger partial charge in [0.05, 0.1) is 0 Å². The molecule has 0 radical (unpaired) electrons. The third-order valence-electron chi connectivity index (χ3n) is 1.18. The van der Waals surface area contributed by atoms with Gasteiger partial charge in [0.2, 0.25) is 0 Å². The second kappa shape index (κ2) is 8.26. The summed E-state index contributed by atoms with van der Waals surface area (Å²) >= 11 is 0. The molecule has 0 saturated carbocycles. The molecule has 0 rings (SSSR count). The van der Waals surface area contributed by atoms with E-state index in [4.69, 9.17) is 11.5 Å². The number of allylic oxidation sites excluding steroid dienone is 2. The molecule has 0 fully saturated rings. The van der Waals surface area contributed by atoms with Crippen molar-refractivity contribution in [2.24, 2.45) is 0 Å². The lowest BCUT2D eigenvalue weighted by Crippen LogP contribution is -1.79. The maximum absolute atomic E-state index is 8.41. The summed E-state index contributed by atoms with van der Waals surface area (Å²) in [5.74, 6) is 2.52. The molecule has 0 bridgehead atoms. The van der Waals surface area contributed by atoms with Crippen LogP contribution in [0.4, 0.5) is 0 Å². The Bertz CT molecular complexity index is 119. The van der Waals surface area contributed by atoms with Gasteiger partial charge in [0.1, 0.15) is 0 Å². The Morgan fingerprint density at radius 2 is 2.10 bits per heavy atom. The predicted molar refractivity (Wildman–Crippen MR) is 43.5 cm³/mol. The van der Waals surface area contributed by atoms with Crippen LogP contribution in [0, 0.1) is 12.3 Å². The molecule has 0 aromatic carbocycles. The highest BCUT2D eigenvalue weighted by Crippen LogP contribution is 1.95. The van der Waals surface area contributed by atoms with Crippen LogP contribution in [-0.2, 0) is 0 Å². The van der Waals surface area contributed by atoms with E-state index >= 15 is 0 Å². The fraction of sp³-hybridized carbons (Fsp3) is 0.556. The van der Waals surface area contributed by atoms with Crippen molar-refractivity contribution in [2.75, 3.05) is 6.61 Å². The fourth-order valence-electron chi connectivity index (χ4n) is 0.643. The van der Waals surface area contributed by atoms with Crippen molar-refractivity contribution < 1.29 is 5.11 Å². The summed E-state index contributed by atoms with van der Waals surface area (Å²) in [5.41, 5.74) is 0. The van der Waals surface area contributed by atoms with Crippen LogP contribution >= 0.6 is 0 Å². The van der Waals surface area contributed by atoms with Crippen molar-refractivity contribution >= 4 is 0 Å². The van der Waals surface area contributed by atoms with Crippen LogP contribution in [0.2, 0.25) is 0 Å². The standard InChI is InChI=1S/C9H14O/c1-2-3-4-5-6-7-8-9-10/h1,4-5,10H,3,6-9H2/b5-4-. The van der Waals surface area contributed by atoms with Crippen molar-refractivity contribution in [3.8, 4) is 12.3 Å². The van der Waals surface area contributed by atoms with Crippen LogP contribution < -0.4 is 0 Å². The average Bonchev–Trinajstić information content (AvgIpc) is 1.97. The van der Waals surface area contributed by atoms with Crippen LogP contribution in [0.3, 0.4) is 0 Å². The second-order valence-electron chi connectivity index (χ2n) is 2.10. The quantitative estimate of drug-likeness (QED) is 0.348. The monoisotopic (exact) mass is 138 g/mol. The Balaban J connectivity index is 2.97. The maximum atomic E-state index is 8.41. The molecular weight excluding hydrogens is 124 g/mol. The van der Waals surface area contributed by atoms with Gasteiger partial charge in [0.15, 0.2) is 0 Å². The average molecular weight is 138 g/mol. The molecule has 0 atom stereocenters. The van der Waals surface area contributed by atoms with Crippen molar-refractivity contribution in [3.05, 3.63) is 12.2 Å². The van der Waals surface area contributed by atoms with E-state index in [9.17, 15) is 0 Å². The minimum atomic E-state index is 0.295. The summed E-state index contributed by atoms with van der Waals surface area (Å²) in [4.78, 5) is 0. The van der Waals surface area contributed by atoms with E-state index in [1.807, 2.05) is 6.08 Å². The Kier molecular flexibility index (Phi) is 7.65. The van der Waals surface area contributed by atoms with Gasteiger partial charge in [-0.25, -0.2) is 0 Å². The zero-order chi connectivity index (χ0) is 7.66. The number of terminal acetylenes is 1. The first-order valence-electron chi connectivity index (χ1n) is 3.61. The second-order valence-corrected chi connectivity index (χ2v) is 2.10. The maximum Gasteiger partial charge on any atom is 0.0431 e. The highest BCUT2D eigenvalue weighted by atomic mass is 16.2. The minimum absolute atomic E-state index is 0.295. The molecule has 1 heteroatoms. The molecule has 0 heterocycles. The van der Waals surface area contributed by atoms with Gasteiger partial charge in [-0.2, -0.15) is 0 Å². The lowest BCUT2D eigenvalue weighted by molar-refractivity contribution is 0.285. The molecular formula is C9H14O. The smallest absolute Gasteiger partial charge is 0.0431 e. The van der Waals surface area contributed by atoms with Gasteiger partial charge in [0, 0.05) is 13.0 Å². The SMILES string of the molecule is C#CC/C=C\CCCCO. The first-order chi connectivity index (χ1) is 4.91. The van der Waals surface area contributed by atoms with Crippen molar-refractivity contribution in [3.63, 3.8) is 0 Å². The third kappa shape index (κ3) is 7.26. The van der Waals surface area contributed by atoms with E-state index in [2.05, 4.69) is 12.0 Å². The van der Waals surface area contributed by atoms with Crippen molar-refractivity contribution in [1.82, 2.24) is 0 Å². The molecule has 0 aliphatic carbocycles. The summed E-state index contributed by atoms with van der Waals surface area (Å²) in [5, 5.41) is 8.41. The number of aliphatic hydroxyl groups excluding tert-OH is 1. The van der Waals surface area contributed by atoms with Crippen LogP contribution in [0.1, 0.15) is 25.7 Å². The normalized spacial score (nSPS) is 10.0. The Morgan fingerprint density at radius 3 is 2.70 bits per heavy atom. The molecule has 0 aliphatic rings. The molecule has 0 unspecified atom stereocenters. The van der Waals surface area contributed by atoms with Crippen LogP contribution in [-0.4, -0.2) is 11.7 Å². The summed E-state index contributed by atoms with van der Waals surface area (Å²) in [6.07, 6.45) is 12.8. The van der Waals surface area contributed by atoms with Crippen LogP contribution in [0.5, 0.6) is 0 Å². The summed E-state index contributed by atoms with van der Waals surface area (Å²) in [7, 11) is 0. The largest absolute Gasteiger partial charge is 0.396 e. The van der Waals surface area contributed by atoms with Crippen molar-refractivity contribution in [2.45, 2.75) is 25.7 Å². The molecule has 0 amide bonds.